The zero-order chi connectivity index (χ0) is 33.6. The minimum Gasteiger partial charge on any atom is -0.493 e. The van der Waals surface area contributed by atoms with Crippen molar-refractivity contribution in [3.63, 3.8) is 0 Å². The molecular formula is C39H44NO6S+. The van der Waals surface area contributed by atoms with Gasteiger partial charge < -0.3 is 29.1 Å². The minimum absolute atomic E-state index is 0.363. The molecule has 0 amide bonds. The summed E-state index contributed by atoms with van der Waals surface area (Å²) in [4.78, 5) is 13.1. The molecule has 8 heteroatoms. The summed E-state index contributed by atoms with van der Waals surface area (Å²) in [5.41, 5.74) is 4.72. The number of benzene rings is 4. The summed E-state index contributed by atoms with van der Waals surface area (Å²) in [6.07, 6.45) is 4.84. The molecule has 4 aromatic rings. The molecule has 0 atom stereocenters. The molecule has 0 aliphatic rings. The number of carbonyl (C=O) groups excluding carboxylic acids is 1. The number of esters is 1. The summed E-state index contributed by atoms with van der Waals surface area (Å²) in [5.74, 6) is 2.80. The second-order valence-electron chi connectivity index (χ2n) is 10.9. The van der Waals surface area contributed by atoms with Gasteiger partial charge in [0.1, 0.15) is 40.9 Å². The lowest BCUT2D eigenvalue weighted by molar-refractivity contribution is 0.0598. The minimum atomic E-state index is -0.453. The standard InChI is InChI=1S/C39H43NO6S/c1-5-14-30-33(19-12-20-34(30)46-35-18-11-10-17-31(35)39(41)42-4)43-21-13-22-44-36-25-37(45-26-28-15-8-7-9-16-28)32(24-29(36)6-2)38(47)23-27(3)40/h7-12,15-20,23-25,40,47H,5-6,13-14,21-22,26H2,1-4H3/p+1/b38-23-,40-27?. The van der Waals surface area contributed by atoms with Gasteiger partial charge in [0.2, 0.25) is 0 Å². The van der Waals surface area contributed by atoms with Crippen LogP contribution in [0.15, 0.2) is 91.0 Å². The van der Waals surface area contributed by atoms with E-state index in [-0.39, 0.29) is 0 Å². The Morgan fingerprint density at radius 1 is 0.787 bits per heavy atom. The van der Waals surface area contributed by atoms with E-state index in [1.807, 2.05) is 60.7 Å². The Labute approximate surface area is 283 Å². The Kier molecular flexibility index (Phi) is 13.4. The average molecular weight is 655 g/mol. The van der Waals surface area contributed by atoms with E-state index in [0.717, 1.165) is 57.9 Å². The van der Waals surface area contributed by atoms with Gasteiger partial charge in [0, 0.05) is 29.8 Å². The number of carbonyl (C=O) groups is 1. The van der Waals surface area contributed by atoms with Gasteiger partial charge in [-0.1, -0.05) is 68.8 Å². The average Bonchev–Trinajstić information content (AvgIpc) is 3.08. The lowest BCUT2D eigenvalue weighted by Crippen LogP contribution is -2.08. The van der Waals surface area contributed by atoms with E-state index in [2.05, 4.69) is 32.5 Å². The predicted octanol–water partition coefficient (Wildman–Crippen LogP) is 8.60. The first-order chi connectivity index (χ1) is 22.8. The van der Waals surface area contributed by atoms with Gasteiger partial charge in [0.05, 0.1) is 25.9 Å². The van der Waals surface area contributed by atoms with Crippen molar-refractivity contribution in [2.24, 2.45) is 0 Å². The number of allylic oxidation sites excluding steroid dienone is 1. The van der Waals surface area contributed by atoms with Gasteiger partial charge in [-0.25, -0.2) is 4.79 Å². The molecule has 0 aromatic heterocycles. The van der Waals surface area contributed by atoms with Crippen LogP contribution in [0.2, 0.25) is 0 Å². The van der Waals surface area contributed by atoms with Crippen LogP contribution in [0.5, 0.6) is 28.7 Å². The van der Waals surface area contributed by atoms with Crippen molar-refractivity contribution in [3.05, 3.63) is 119 Å². The normalized spacial score (nSPS) is 11.1. The number of methoxy groups -OCH3 is 1. The molecule has 0 fully saturated rings. The summed E-state index contributed by atoms with van der Waals surface area (Å²) in [6, 6.07) is 26.8. The summed E-state index contributed by atoms with van der Waals surface area (Å²) in [5, 5.41) is 7.94. The number of hydrogen-bond acceptors (Lipinski definition) is 7. The quantitative estimate of drug-likeness (QED) is 0.0531. The first-order valence-electron chi connectivity index (χ1n) is 15.9. The number of hydrogen-bond donors (Lipinski definition) is 1. The van der Waals surface area contributed by atoms with Gasteiger partial charge in [-0.3, -0.25) is 0 Å². The van der Waals surface area contributed by atoms with Crippen LogP contribution in [0.25, 0.3) is 4.91 Å². The Morgan fingerprint density at radius 3 is 2.17 bits per heavy atom. The molecule has 1 N–H and O–H groups in total. The van der Waals surface area contributed by atoms with E-state index in [0.29, 0.717) is 54.8 Å². The molecule has 0 unspecified atom stereocenters. The third-order valence-corrected chi connectivity index (χ3v) is 7.75. The van der Waals surface area contributed by atoms with Gasteiger partial charge in [0.25, 0.3) is 0 Å². The maximum Gasteiger partial charge on any atom is 0.341 e. The van der Waals surface area contributed by atoms with Crippen LogP contribution in [-0.4, -0.2) is 32.0 Å². The Morgan fingerprint density at radius 2 is 1.47 bits per heavy atom. The SMILES string of the molecule is CCCc1c(OCCCOc2cc(OCc3ccccc3)c(/C([SH2+])=C/C(C)=N)cc2CC)cccc1Oc1ccccc1C(=O)OC. The van der Waals surface area contributed by atoms with Gasteiger partial charge in [-0.2, -0.15) is 0 Å². The van der Waals surface area contributed by atoms with Gasteiger partial charge >= 0.3 is 5.97 Å². The number of nitrogens with one attached hydrogen (secondary N) is 1. The fourth-order valence-corrected chi connectivity index (χ4v) is 5.44. The molecule has 7 nitrogen and oxygen atoms in total. The second-order valence-corrected chi connectivity index (χ2v) is 11.5. The van der Waals surface area contributed by atoms with Gasteiger partial charge in [-0.05, 0) is 73.9 Å². The van der Waals surface area contributed by atoms with Crippen molar-refractivity contribution >= 4 is 29.2 Å². The highest BCUT2D eigenvalue weighted by Gasteiger charge is 2.18. The first-order valence-corrected chi connectivity index (χ1v) is 16.4. The third-order valence-electron chi connectivity index (χ3n) is 7.34. The lowest BCUT2D eigenvalue weighted by atomic mass is 10.0. The molecule has 4 rings (SSSR count). The van der Waals surface area contributed by atoms with Crippen molar-refractivity contribution in [2.75, 3.05) is 20.3 Å². The fraction of sp³-hybridized carbons (Fsp3) is 0.282. The highest BCUT2D eigenvalue weighted by Crippen LogP contribution is 2.36. The number of aryl methyl sites for hydroxylation is 1. The summed E-state index contributed by atoms with van der Waals surface area (Å²) >= 11 is 3.71. The number of para-hydroxylation sites is 1. The van der Waals surface area contributed by atoms with Gasteiger partial charge in [0.15, 0.2) is 4.91 Å². The predicted molar refractivity (Wildman–Crippen MR) is 192 cm³/mol. The topological polar surface area (TPSA) is 87.1 Å². The maximum absolute atomic E-state index is 12.3. The zero-order valence-corrected chi connectivity index (χ0v) is 28.6. The Balaban J connectivity index is 1.45. The van der Waals surface area contributed by atoms with E-state index < -0.39 is 5.97 Å². The molecule has 0 spiro atoms. The van der Waals surface area contributed by atoms with Crippen LogP contribution in [-0.2, 0) is 36.8 Å². The third kappa shape index (κ3) is 9.90. The van der Waals surface area contributed by atoms with Crippen molar-refractivity contribution < 1.29 is 28.5 Å². The molecule has 0 aliphatic heterocycles. The number of ether oxygens (including phenoxy) is 5. The van der Waals surface area contributed by atoms with Crippen LogP contribution in [0.3, 0.4) is 0 Å². The van der Waals surface area contributed by atoms with Crippen LogP contribution in [0.1, 0.15) is 66.2 Å². The fourth-order valence-electron chi connectivity index (χ4n) is 5.02. The monoisotopic (exact) mass is 654 g/mol. The molecule has 0 saturated heterocycles. The molecule has 0 bridgehead atoms. The number of rotatable bonds is 17. The molecule has 4 aromatic carbocycles. The largest absolute Gasteiger partial charge is 0.493 e. The molecule has 0 heterocycles. The van der Waals surface area contributed by atoms with E-state index >= 15 is 0 Å². The van der Waals surface area contributed by atoms with Crippen molar-refractivity contribution in [1.29, 1.82) is 5.41 Å². The second kappa shape index (κ2) is 17.9. The smallest absolute Gasteiger partial charge is 0.341 e. The molecule has 0 aliphatic carbocycles. The Hall–Kier alpha value is -4.69. The molecule has 0 radical (unpaired) electrons. The van der Waals surface area contributed by atoms with Crippen LogP contribution in [0, 0.1) is 5.41 Å². The first kappa shape index (κ1) is 35.2. The maximum atomic E-state index is 12.3. The summed E-state index contributed by atoms with van der Waals surface area (Å²) in [6.45, 7) is 7.24. The Bertz CT molecular complexity index is 1680. The van der Waals surface area contributed by atoms with Crippen LogP contribution < -0.4 is 18.9 Å². The highest BCUT2D eigenvalue weighted by atomic mass is 32.1. The highest BCUT2D eigenvalue weighted by molar-refractivity contribution is 7.70. The zero-order valence-electron chi connectivity index (χ0n) is 27.6. The van der Waals surface area contributed by atoms with Crippen molar-refractivity contribution in [2.45, 2.75) is 53.1 Å². The van der Waals surface area contributed by atoms with E-state index in [4.69, 9.17) is 29.1 Å². The van der Waals surface area contributed by atoms with E-state index in [1.165, 1.54) is 7.11 Å². The molecule has 246 valence electrons. The van der Waals surface area contributed by atoms with Crippen molar-refractivity contribution in [3.8, 4) is 28.7 Å². The van der Waals surface area contributed by atoms with Gasteiger partial charge in [-0.15, -0.1) is 0 Å². The van der Waals surface area contributed by atoms with E-state index in [9.17, 15) is 4.79 Å². The summed E-state index contributed by atoms with van der Waals surface area (Å²) < 4.78 is 30.0. The molecule has 47 heavy (non-hydrogen) atoms. The van der Waals surface area contributed by atoms with Crippen LogP contribution >= 0.6 is 0 Å². The molecule has 0 saturated carbocycles. The molecular weight excluding hydrogens is 610 g/mol. The van der Waals surface area contributed by atoms with Crippen LogP contribution in [0.4, 0.5) is 0 Å². The lowest BCUT2D eigenvalue weighted by Gasteiger charge is -2.18. The summed E-state index contributed by atoms with van der Waals surface area (Å²) in [7, 11) is 1.36. The van der Waals surface area contributed by atoms with E-state index in [1.54, 1.807) is 31.2 Å². The van der Waals surface area contributed by atoms with Crippen molar-refractivity contribution in [1.82, 2.24) is 0 Å².